The first-order chi connectivity index (χ1) is 9.38. The minimum Gasteiger partial charge on any atom is -0.394 e. The fraction of sp³-hybridized carbons (Fsp3) is 0.500. The molecule has 0 bridgehead atoms. The first-order valence-electron chi connectivity index (χ1n) is 5.68. The smallest absolute Gasteiger partial charge is 0.270 e. The van der Waals surface area contributed by atoms with Crippen LogP contribution in [-0.4, -0.2) is 62.3 Å². The van der Waals surface area contributed by atoms with Crippen LogP contribution in [0.25, 0.3) is 0 Å². The van der Waals surface area contributed by atoms with Gasteiger partial charge in [-0.25, -0.2) is 0 Å². The Labute approximate surface area is 112 Å². The molecule has 1 aromatic rings. The monoisotopic (exact) mass is 286 g/mol. The third kappa shape index (κ3) is 2.14. The second-order valence-electron chi connectivity index (χ2n) is 4.35. The number of nitrogens with two attached hydrogens (primary N) is 2. The molecule has 1 aromatic heterocycles. The van der Waals surface area contributed by atoms with E-state index >= 15 is 0 Å². The normalized spacial score (nSPS) is 29.6. The average molecular weight is 286 g/mol. The predicted octanol–water partition coefficient (Wildman–Crippen LogP) is -3.24. The number of H-pyrrole nitrogens is 1. The molecule has 1 aliphatic rings. The molecule has 0 unspecified atom stereocenters. The number of carbonyl (C=O) groups is 2. The lowest BCUT2D eigenvalue weighted by atomic mass is 10.0. The zero-order valence-corrected chi connectivity index (χ0v) is 10.2. The molecule has 2 rings (SSSR count). The number of hydrogen-bond donors (Lipinski definition) is 6. The molecule has 0 radical (unpaired) electrons. The second-order valence-corrected chi connectivity index (χ2v) is 4.35. The van der Waals surface area contributed by atoms with Gasteiger partial charge < -0.3 is 31.5 Å². The fourth-order valence-electron chi connectivity index (χ4n) is 2.13. The molecule has 110 valence electrons. The number of nitrogens with zero attached hydrogens (tertiary/aromatic N) is 1. The number of nitrogens with one attached hydrogen (secondary N) is 1. The molecular weight excluding hydrogens is 272 g/mol. The number of amides is 2. The highest BCUT2D eigenvalue weighted by molar-refractivity contribution is 6.05. The number of ether oxygens (including phenoxy) is 1. The van der Waals surface area contributed by atoms with Gasteiger partial charge in [-0.1, -0.05) is 0 Å². The first-order valence-corrected chi connectivity index (χ1v) is 5.68. The van der Waals surface area contributed by atoms with Gasteiger partial charge >= 0.3 is 0 Å². The van der Waals surface area contributed by atoms with Gasteiger partial charge in [0.05, 0.1) is 17.9 Å². The van der Waals surface area contributed by atoms with Crippen LogP contribution in [0.5, 0.6) is 0 Å². The van der Waals surface area contributed by atoms with Gasteiger partial charge in [0.2, 0.25) is 0 Å². The van der Waals surface area contributed by atoms with Gasteiger partial charge in [0, 0.05) is 0 Å². The number of primary amides is 2. The second kappa shape index (κ2) is 5.17. The summed E-state index contributed by atoms with van der Waals surface area (Å²) in [5, 5.41) is 34.4. The number of rotatable bonds is 4. The lowest BCUT2D eigenvalue weighted by molar-refractivity contribution is -0.0241. The van der Waals surface area contributed by atoms with Crippen molar-refractivity contribution in [3.63, 3.8) is 0 Å². The molecule has 0 spiro atoms. The average Bonchev–Trinajstić information content (AvgIpc) is 2.93. The molecule has 1 fully saturated rings. The molecule has 20 heavy (non-hydrogen) atoms. The van der Waals surface area contributed by atoms with E-state index < -0.39 is 42.8 Å². The lowest BCUT2D eigenvalue weighted by Crippen LogP contribution is -2.32. The molecular formula is C10H14N4O6. The van der Waals surface area contributed by atoms with E-state index in [1.54, 1.807) is 0 Å². The summed E-state index contributed by atoms with van der Waals surface area (Å²) in [4.78, 5) is 22.6. The van der Waals surface area contributed by atoms with E-state index in [0.717, 1.165) is 0 Å². The minimum absolute atomic E-state index is 0.0752. The number of aromatic nitrogens is 2. The van der Waals surface area contributed by atoms with Crippen molar-refractivity contribution in [2.24, 2.45) is 11.5 Å². The Morgan fingerprint density at radius 2 is 1.90 bits per heavy atom. The van der Waals surface area contributed by atoms with Crippen LogP contribution in [-0.2, 0) is 4.74 Å². The quantitative estimate of drug-likeness (QED) is 0.335. The summed E-state index contributed by atoms with van der Waals surface area (Å²) in [5.74, 6) is -1.96. The number of aromatic amines is 1. The van der Waals surface area contributed by atoms with Gasteiger partial charge in [0.25, 0.3) is 11.8 Å². The molecule has 8 N–H and O–H groups in total. The van der Waals surface area contributed by atoms with Crippen molar-refractivity contribution >= 4 is 11.8 Å². The van der Waals surface area contributed by atoms with Crippen LogP contribution in [0.15, 0.2) is 0 Å². The molecule has 4 atom stereocenters. The van der Waals surface area contributed by atoms with Crippen LogP contribution in [0.3, 0.4) is 0 Å². The van der Waals surface area contributed by atoms with Gasteiger partial charge in [0.15, 0.2) is 5.69 Å². The predicted molar refractivity (Wildman–Crippen MR) is 62.3 cm³/mol. The highest BCUT2D eigenvalue weighted by atomic mass is 16.6. The Morgan fingerprint density at radius 1 is 1.25 bits per heavy atom. The van der Waals surface area contributed by atoms with E-state index in [9.17, 15) is 19.8 Å². The Bertz CT molecular complexity index is 544. The molecule has 0 aliphatic carbocycles. The molecule has 0 saturated carbocycles. The standard InChI is InChI=1S/C10H14N4O6/c11-9(18)3-4(13-14-5(3)10(12)19)8-7(17)6(16)2(1-15)20-8/h2,6-8,15-17H,1H2,(H2,11,18)(H2,12,19)(H,13,14)/t2-,6-,7-,8+/m1/s1. The van der Waals surface area contributed by atoms with E-state index in [1.807, 2.05) is 0 Å². The van der Waals surface area contributed by atoms with Gasteiger partial charge in [-0.15, -0.1) is 0 Å². The Hall–Kier alpha value is -2.01. The number of aliphatic hydroxyl groups excluding tert-OH is 3. The van der Waals surface area contributed by atoms with Gasteiger partial charge in [0.1, 0.15) is 24.4 Å². The van der Waals surface area contributed by atoms with Crippen molar-refractivity contribution in [1.29, 1.82) is 0 Å². The van der Waals surface area contributed by atoms with E-state index in [-0.39, 0.29) is 17.0 Å². The maximum atomic E-state index is 11.4. The lowest BCUT2D eigenvalue weighted by Gasteiger charge is -2.13. The van der Waals surface area contributed by atoms with Crippen LogP contribution >= 0.6 is 0 Å². The summed E-state index contributed by atoms with van der Waals surface area (Å²) in [5.41, 5.74) is 9.44. The van der Waals surface area contributed by atoms with E-state index in [0.29, 0.717) is 0 Å². The van der Waals surface area contributed by atoms with Crippen molar-refractivity contribution < 1.29 is 29.6 Å². The Morgan fingerprint density at radius 3 is 2.35 bits per heavy atom. The third-order valence-corrected chi connectivity index (χ3v) is 3.10. The summed E-state index contributed by atoms with van der Waals surface area (Å²) in [6, 6.07) is 0. The van der Waals surface area contributed by atoms with Crippen molar-refractivity contribution in [2.45, 2.75) is 24.4 Å². The molecule has 0 aromatic carbocycles. The van der Waals surface area contributed by atoms with Crippen LogP contribution in [0, 0.1) is 0 Å². The largest absolute Gasteiger partial charge is 0.394 e. The summed E-state index contributed by atoms with van der Waals surface area (Å²) < 4.78 is 5.22. The number of aliphatic hydroxyl groups is 3. The van der Waals surface area contributed by atoms with Crippen LogP contribution in [0.1, 0.15) is 32.6 Å². The summed E-state index contributed by atoms with van der Waals surface area (Å²) in [6.45, 7) is -0.530. The third-order valence-electron chi connectivity index (χ3n) is 3.10. The zero-order valence-electron chi connectivity index (χ0n) is 10.2. The molecule has 10 heteroatoms. The van der Waals surface area contributed by atoms with Crippen LogP contribution in [0.4, 0.5) is 0 Å². The van der Waals surface area contributed by atoms with Crippen LogP contribution < -0.4 is 11.5 Å². The number of hydrogen-bond acceptors (Lipinski definition) is 7. The van der Waals surface area contributed by atoms with Crippen molar-refractivity contribution in [3.05, 3.63) is 17.0 Å². The van der Waals surface area contributed by atoms with E-state index in [4.69, 9.17) is 21.3 Å². The number of carbonyl (C=O) groups excluding carboxylic acids is 2. The van der Waals surface area contributed by atoms with Gasteiger partial charge in [-0.2, -0.15) is 5.10 Å². The van der Waals surface area contributed by atoms with Gasteiger partial charge in [-0.3, -0.25) is 14.7 Å². The maximum absolute atomic E-state index is 11.4. The maximum Gasteiger partial charge on any atom is 0.270 e. The van der Waals surface area contributed by atoms with Gasteiger partial charge in [-0.05, 0) is 0 Å². The van der Waals surface area contributed by atoms with Crippen LogP contribution in [0.2, 0.25) is 0 Å². The Balaban J connectivity index is 2.44. The molecule has 2 amide bonds. The topological polar surface area (TPSA) is 185 Å². The zero-order chi connectivity index (χ0) is 15.0. The summed E-state index contributed by atoms with van der Waals surface area (Å²) in [6.07, 6.45) is -5.00. The van der Waals surface area contributed by atoms with E-state index in [1.165, 1.54) is 0 Å². The summed E-state index contributed by atoms with van der Waals surface area (Å²) in [7, 11) is 0. The molecule has 1 saturated heterocycles. The SMILES string of the molecule is NC(=O)c1n[nH]c([C@@H]2O[C@H](CO)[C@@H](O)[C@H]2O)c1C(N)=O. The highest BCUT2D eigenvalue weighted by Crippen LogP contribution is 2.34. The molecule has 2 heterocycles. The Kier molecular flexibility index (Phi) is 3.72. The minimum atomic E-state index is -1.42. The molecule has 10 nitrogen and oxygen atoms in total. The van der Waals surface area contributed by atoms with Crippen molar-refractivity contribution in [3.8, 4) is 0 Å². The van der Waals surface area contributed by atoms with E-state index in [2.05, 4.69) is 10.2 Å². The highest BCUT2D eigenvalue weighted by Gasteiger charge is 2.45. The summed E-state index contributed by atoms with van der Waals surface area (Å²) >= 11 is 0. The fourth-order valence-corrected chi connectivity index (χ4v) is 2.13. The first kappa shape index (κ1) is 14.4. The molecule has 1 aliphatic heterocycles. The van der Waals surface area contributed by atoms with Crippen molar-refractivity contribution in [1.82, 2.24) is 10.2 Å². The van der Waals surface area contributed by atoms with Crippen molar-refractivity contribution in [2.75, 3.05) is 6.61 Å².